The van der Waals surface area contributed by atoms with E-state index >= 15 is 0 Å². The summed E-state index contributed by atoms with van der Waals surface area (Å²) >= 11 is 0. The lowest BCUT2D eigenvalue weighted by molar-refractivity contribution is -0.222. The number of hydrogen-bond acceptors (Lipinski definition) is 6. The first-order valence-electron chi connectivity index (χ1n) is 21.9. The molecule has 7 nitrogen and oxygen atoms in total. The highest BCUT2D eigenvalue weighted by Crippen LogP contribution is 2.89. The lowest BCUT2D eigenvalue weighted by Gasteiger charge is -2.71. The summed E-state index contributed by atoms with van der Waals surface area (Å²) in [5.41, 5.74) is 2.80. The molecule has 6 saturated carbocycles. The fourth-order valence-electron chi connectivity index (χ4n) is 15.7. The molecule has 0 saturated heterocycles. The number of esters is 1. The van der Waals surface area contributed by atoms with Crippen molar-refractivity contribution in [3.63, 3.8) is 0 Å². The first-order valence-corrected chi connectivity index (χ1v) is 21.9. The van der Waals surface area contributed by atoms with Gasteiger partial charge in [-0.1, -0.05) is 103 Å². The summed E-state index contributed by atoms with van der Waals surface area (Å²) in [5.74, 6) is -0.958. The number of aliphatic hydroxyl groups excluding tert-OH is 1. The fourth-order valence-corrected chi connectivity index (χ4v) is 15.7. The van der Waals surface area contributed by atoms with Gasteiger partial charge in [-0.25, -0.2) is 0 Å². The molecule has 0 radical (unpaired) electrons. The van der Waals surface area contributed by atoms with Crippen LogP contribution in [0.4, 0.5) is 0 Å². The van der Waals surface area contributed by atoms with Crippen molar-refractivity contribution in [2.75, 3.05) is 6.54 Å². The molecule has 0 heterocycles. The molecule has 7 heteroatoms. The predicted molar refractivity (Wildman–Crippen MR) is 218 cm³/mol. The van der Waals surface area contributed by atoms with Gasteiger partial charge in [0.2, 0.25) is 0 Å². The van der Waals surface area contributed by atoms with Crippen molar-refractivity contribution in [1.82, 2.24) is 5.32 Å². The lowest BCUT2D eigenvalue weighted by atomic mass is 9.33. The molecule has 0 bridgehead atoms. The van der Waals surface area contributed by atoms with Crippen LogP contribution < -0.4 is 5.32 Å². The molecule has 7 aliphatic carbocycles. The Labute approximate surface area is 335 Å². The Morgan fingerprint density at radius 2 is 1.57 bits per heavy atom. The monoisotopic (exact) mass is 768 g/mol. The molecule has 0 aromatic heterocycles. The summed E-state index contributed by atoms with van der Waals surface area (Å²) in [4.78, 5) is 39.8. The molecule has 3 N–H and O–H groups in total. The SMILES string of the molecule is C=C1[C@@]23CCC4(C)[C@H](CC[C@@H]5C6=C(C(C)C)C(=O)C[C@]6([C@@H](O)CNC(C)(C)c6ccccc6)CC[C@]54C)C2(C)CCC(OC(=O)[C@H]2C[C@@H](C(=O)O)C2(C)C)[C@@]13C. The second-order valence-electron chi connectivity index (χ2n) is 22.1. The van der Waals surface area contributed by atoms with Gasteiger partial charge in [0, 0.05) is 34.7 Å². The van der Waals surface area contributed by atoms with Gasteiger partial charge in [-0.05, 0) is 122 Å². The lowest BCUT2D eigenvalue weighted by Crippen LogP contribution is -2.65. The van der Waals surface area contributed by atoms with E-state index in [0.29, 0.717) is 25.3 Å². The van der Waals surface area contributed by atoms with E-state index in [1.54, 1.807) is 0 Å². The van der Waals surface area contributed by atoms with Crippen LogP contribution in [-0.4, -0.2) is 46.7 Å². The van der Waals surface area contributed by atoms with Gasteiger partial charge in [0.15, 0.2) is 5.78 Å². The number of nitrogens with one attached hydrogen (secondary N) is 1. The molecule has 1 aromatic rings. The minimum Gasteiger partial charge on any atom is -0.481 e. The molecule has 7 aliphatic rings. The topological polar surface area (TPSA) is 113 Å². The number of allylic oxidation sites excluding steroid dienone is 1. The number of aliphatic hydroxyl groups is 1. The van der Waals surface area contributed by atoms with Crippen LogP contribution in [0.3, 0.4) is 0 Å². The molecule has 12 atom stereocenters. The molecule has 306 valence electrons. The number of benzene rings is 1. The van der Waals surface area contributed by atoms with E-state index in [9.17, 15) is 24.6 Å². The summed E-state index contributed by atoms with van der Waals surface area (Å²) < 4.78 is 6.47. The summed E-state index contributed by atoms with van der Waals surface area (Å²) in [7, 11) is 0. The zero-order valence-electron chi connectivity index (χ0n) is 35.9. The van der Waals surface area contributed by atoms with Gasteiger partial charge in [0.25, 0.3) is 0 Å². The van der Waals surface area contributed by atoms with Gasteiger partial charge < -0.3 is 20.3 Å². The van der Waals surface area contributed by atoms with E-state index in [-0.39, 0.29) is 62.3 Å². The summed E-state index contributed by atoms with van der Waals surface area (Å²) in [6, 6.07) is 10.4. The molecule has 0 aliphatic heterocycles. The third-order valence-electron chi connectivity index (χ3n) is 19.5. The van der Waals surface area contributed by atoms with E-state index in [1.807, 2.05) is 19.9 Å². The average Bonchev–Trinajstić information content (AvgIpc) is 3.45. The number of rotatable bonds is 9. The highest BCUT2D eigenvalue weighted by atomic mass is 16.5. The van der Waals surface area contributed by atoms with E-state index in [1.165, 1.54) is 16.7 Å². The molecule has 1 aromatic carbocycles. The third kappa shape index (κ3) is 4.79. The first kappa shape index (κ1) is 40.0. The largest absolute Gasteiger partial charge is 0.481 e. The van der Waals surface area contributed by atoms with Crippen molar-refractivity contribution in [2.45, 2.75) is 151 Å². The number of Topliss-reactive ketones (excluding diaryl/α,β-unsaturated/α-hetero) is 1. The van der Waals surface area contributed by atoms with E-state index in [4.69, 9.17) is 11.3 Å². The van der Waals surface area contributed by atoms with Crippen molar-refractivity contribution >= 4 is 17.7 Å². The second kappa shape index (κ2) is 12.4. The third-order valence-corrected chi connectivity index (χ3v) is 19.5. The maximum absolute atomic E-state index is 14.2. The Kier molecular flexibility index (Phi) is 8.85. The number of carbonyl (C=O) groups is 3. The number of hydrogen-bond donors (Lipinski definition) is 3. The number of ketones is 1. The minimum atomic E-state index is -0.835. The van der Waals surface area contributed by atoms with Crippen molar-refractivity contribution in [2.24, 2.45) is 67.5 Å². The van der Waals surface area contributed by atoms with Crippen LogP contribution in [0.25, 0.3) is 0 Å². The molecule has 6 fully saturated rings. The summed E-state index contributed by atoms with van der Waals surface area (Å²) in [5, 5.41) is 25.8. The standard InChI is InChI=1S/C49H69NO6/c1-28(2)38-34(51)26-48(36(52)27-50-43(6,7)30-15-13-12-14-16-30)23-21-44(8)31(39(38)48)17-18-35-45(44,9)22-24-49-29(3)47(49,11)37(19-20-46(35,49)10)56-41(55)33-25-32(40(53)54)42(33,4)5/h12-16,28,31-33,35-37,50,52H,3,17-27H2,1-2,4-11H3,(H,53,54)/t31-,32+,33-,35+,36+,37?,44-,45?,46?,47-,48+,49+/m1/s1. The number of carbonyl (C=O) groups excluding carboxylic acids is 2. The predicted octanol–water partition coefficient (Wildman–Crippen LogP) is 9.43. The summed E-state index contributed by atoms with van der Waals surface area (Å²) in [6.45, 7) is 27.6. The molecular weight excluding hydrogens is 699 g/mol. The normalized spacial score (nSPS) is 44.1. The Morgan fingerprint density at radius 1 is 0.911 bits per heavy atom. The fraction of sp³-hybridized carbons (Fsp3) is 0.735. The van der Waals surface area contributed by atoms with Gasteiger partial charge in [-0.2, -0.15) is 0 Å². The Morgan fingerprint density at radius 3 is 2.20 bits per heavy atom. The number of ether oxygens (including phenoxy) is 1. The highest BCUT2D eigenvalue weighted by molar-refractivity contribution is 6.00. The van der Waals surface area contributed by atoms with Crippen molar-refractivity contribution in [1.29, 1.82) is 0 Å². The van der Waals surface area contributed by atoms with Crippen molar-refractivity contribution in [3.8, 4) is 0 Å². The number of carboxylic acid groups (broad SMARTS) is 1. The van der Waals surface area contributed by atoms with Crippen LogP contribution in [0, 0.1) is 67.5 Å². The number of aliphatic carboxylic acids is 1. The number of carboxylic acids is 1. The Bertz CT molecular complexity index is 1900. The molecular formula is C49H69NO6. The molecule has 3 unspecified atom stereocenters. The maximum atomic E-state index is 14.2. The Hall–Kier alpha value is -2.77. The van der Waals surface area contributed by atoms with Gasteiger partial charge in [0.1, 0.15) is 6.10 Å². The maximum Gasteiger partial charge on any atom is 0.309 e. The zero-order valence-corrected chi connectivity index (χ0v) is 35.9. The second-order valence-corrected chi connectivity index (χ2v) is 22.1. The molecule has 0 amide bonds. The molecule has 8 rings (SSSR count). The van der Waals surface area contributed by atoms with Gasteiger partial charge in [-0.15, -0.1) is 0 Å². The quantitative estimate of drug-likeness (QED) is 0.170. The van der Waals surface area contributed by atoms with Crippen LogP contribution in [0.5, 0.6) is 0 Å². The van der Waals surface area contributed by atoms with Crippen LogP contribution in [0.1, 0.15) is 139 Å². The van der Waals surface area contributed by atoms with Gasteiger partial charge >= 0.3 is 11.9 Å². The van der Waals surface area contributed by atoms with Crippen molar-refractivity contribution in [3.05, 3.63) is 59.2 Å². The van der Waals surface area contributed by atoms with E-state index < -0.39 is 34.7 Å². The van der Waals surface area contributed by atoms with Crippen LogP contribution >= 0.6 is 0 Å². The molecule has 1 spiro atoms. The molecule has 56 heavy (non-hydrogen) atoms. The highest BCUT2D eigenvalue weighted by Gasteiger charge is 2.85. The van der Waals surface area contributed by atoms with Crippen LogP contribution in [-0.2, 0) is 24.7 Å². The van der Waals surface area contributed by atoms with Crippen LogP contribution in [0.2, 0.25) is 0 Å². The van der Waals surface area contributed by atoms with Gasteiger partial charge in [0.05, 0.1) is 17.9 Å². The van der Waals surface area contributed by atoms with E-state index in [2.05, 4.69) is 85.0 Å². The van der Waals surface area contributed by atoms with Crippen molar-refractivity contribution < 1.29 is 29.3 Å². The average molecular weight is 768 g/mol. The first-order chi connectivity index (χ1) is 26.0. The van der Waals surface area contributed by atoms with Crippen LogP contribution in [0.15, 0.2) is 53.6 Å². The minimum absolute atomic E-state index is 0.00535. The van der Waals surface area contributed by atoms with E-state index in [0.717, 1.165) is 56.9 Å². The Balaban J connectivity index is 1.07. The zero-order chi connectivity index (χ0) is 40.8. The smallest absolute Gasteiger partial charge is 0.309 e. The summed E-state index contributed by atoms with van der Waals surface area (Å²) in [6.07, 6.45) is 7.57. The van der Waals surface area contributed by atoms with Gasteiger partial charge in [-0.3, -0.25) is 14.4 Å². The number of fused-ring (bicyclic) bond motifs is 6.